The molecule has 1 aromatic carbocycles. The van der Waals surface area contributed by atoms with E-state index >= 15 is 0 Å². The quantitative estimate of drug-likeness (QED) is 0.788. The molecular formula is C13H16N2O. The smallest absolute Gasteiger partial charge is 0.118 e. The molecular weight excluding hydrogens is 200 g/mol. The molecule has 0 bridgehead atoms. The summed E-state index contributed by atoms with van der Waals surface area (Å²) in [5, 5.41) is 4.32. The normalized spacial score (nSPS) is 10.8. The average Bonchev–Trinajstić information content (AvgIpc) is 2.78. The summed E-state index contributed by atoms with van der Waals surface area (Å²) in [6.45, 7) is 4.25. The van der Waals surface area contributed by atoms with Crippen LogP contribution >= 0.6 is 0 Å². The van der Waals surface area contributed by atoms with Gasteiger partial charge < -0.3 is 4.74 Å². The Kier molecular flexibility index (Phi) is 2.95. The van der Waals surface area contributed by atoms with E-state index in [-0.39, 0.29) is 0 Å². The van der Waals surface area contributed by atoms with E-state index in [1.807, 2.05) is 29.1 Å². The Morgan fingerprint density at radius 3 is 2.38 bits per heavy atom. The Labute approximate surface area is 95.7 Å². The molecule has 0 amide bonds. The van der Waals surface area contributed by atoms with Crippen molar-refractivity contribution in [2.24, 2.45) is 0 Å². The first-order valence-electron chi connectivity index (χ1n) is 5.40. The third-order valence-corrected chi connectivity index (χ3v) is 2.55. The van der Waals surface area contributed by atoms with Crippen LogP contribution < -0.4 is 4.74 Å². The Bertz CT molecular complexity index is 457. The maximum Gasteiger partial charge on any atom is 0.118 e. The summed E-state index contributed by atoms with van der Waals surface area (Å²) >= 11 is 0. The number of nitrogens with zero attached hydrogens (tertiary/aromatic N) is 2. The predicted molar refractivity (Wildman–Crippen MR) is 64.6 cm³/mol. The number of ether oxygens (including phenoxy) is 1. The van der Waals surface area contributed by atoms with Gasteiger partial charge in [0.1, 0.15) is 5.75 Å². The summed E-state index contributed by atoms with van der Waals surface area (Å²) in [6, 6.07) is 10.4. The average molecular weight is 216 g/mol. The van der Waals surface area contributed by atoms with E-state index in [9.17, 15) is 0 Å². The largest absolute Gasteiger partial charge is 0.497 e. The zero-order chi connectivity index (χ0) is 11.5. The second kappa shape index (κ2) is 4.39. The summed E-state index contributed by atoms with van der Waals surface area (Å²) in [5.41, 5.74) is 2.30. The lowest BCUT2D eigenvalue weighted by Gasteiger charge is -2.11. The van der Waals surface area contributed by atoms with Gasteiger partial charge in [-0.15, -0.1) is 0 Å². The second-order valence-electron chi connectivity index (χ2n) is 3.98. The fourth-order valence-corrected chi connectivity index (χ4v) is 1.72. The highest BCUT2D eigenvalue weighted by Gasteiger charge is 2.07. The van der Waals surface area contributed by atoms with Gasteiger partial charge in [-0.3, -0.25) is 4.68 Å². The Morgan fingerprint density at radius 2 is 1.81 bits per heavy atom. The van der Waals surface area contributed by atoms with Crippen molar-refractivity contribution in [1.29, 1.82) is 0 Å². The van der Waals surface area contributed by atoms with Crippen molar-refractivity contribution in [2.75, 3.05) is 7.11 Å². The minimum atomic E-state index is 0.368. The van der Waals surface area contributed by atoms with Crippen molar-refractivity contribution in [2.45, 2.75) is 19.9 Å². The van der Waals surface area contributed by atoms with Crippen molar-refractivity contribution in [3.05, 3.63) is 36.5 Å². The van der Waals surface area contributed by atoms with Crippen molar-refractivity contribution < 1.29 is 4.74 Å². The molecule has 0 aliphatic heterocycles. The molecule has 0 aliphatic rings. The first kappa shape index (κ1) is 10.7. The lowest BCUT2D eigenvalue weighted by molar-refractivity contribution is 0.415. The van der Waals surface area contributed by atoms with Crippen LogP contribution in [-0.2, 0) is 0 Å². The molecule has 3 nitrogen and oxygen atoms in total. The minimum Gasteiger partial charge on any atom is -0.497 e. The van der Waals surface area contributed by atoms with E-state index in [0.717, 1.165) is 17.0 Å². The zero-order valence-corrected chi connectivity index (χ0v) is 9.84. The van der Waals surface area contributed by atoms with Crippen LogP contribution in [0.3, 0.4) is 0 Å². The van der Waals surface area contributed by atoms with E-state index in [0.29, 0.717) is 6.04 Å². The molecule has 2 rings (SSSR count). The topological polar surface area (TPSA) is 27.1 Å². The molecule has 16 heavy (non-hydrogen) atoms. The maximum absolute atomic E-state index is 5.14. The molecule has 84 valence electrons. The summed E-state index contributed by atoms with van der Waals surface area (Å²) in [7, 11) is 1.67. The van der Waals surface area contributed by atoms with Gasteiger partial charge in [-0.25, -0.2) is 0 Å². The fraction of sp³-hybridized carbons (Fsp3) is 0.308. The van der Waals surface area contributed by atoms with E-state index in [1.165, 1.54) is 0 Å². The summed E-state index contributed by atoms with van der Waals surface area (Å²) < 4.78 is 7.16. The van der Waals surface area contributed by atoms with E-state index < -0.39 is 0 Å². The lowest BCUT2D eigenvalue weighted by Crippen LogP contribution is -2.04. The molecule has 0 aliphatic carbocycles. The molecule has 2 aromatic rings. The van der Waals surface area contributed by atoms with Crippen LogP contribution in [0.15, 0.2) is 36.5 Å². The molecule has 0 saturated heterocycles. The molecule has 0 fully saturated rings. The number of methoxy groups -OCH3 is 1. The molecule has 0 unspecified atom stereocenters. The Balaban J connectivity index is 2.38. The standard InChI is InChI=1S/C13H16N2O/c1-10(2)15-13(8-9-14-15)11-4-6-12(16-3)7-5-11/h4-10H,1-3H3. The van der Waals surface area contributed by atoms with Gasteiger partial charge in [-0.05, 0) is 44.2 Å². The van der Waals surface area contributed by atoms with Crippen LogP contribution in [0.5, 0.6) is 5.75 Å². The van der Waals surface area contributed by atoms with Gasteiger partial charge in [0.15, 0.2) is 0 Å². The second-order valence-corrected chi connectivity index (χ2v) is 3.98. The zero-order valence-electron chi connectivity index (χ0n) is 9.84. The van der Waals surface area contributed by atoms with Crippen molar-refractivity contribution >= 4 is 0 Å². The highest BCUT2D eigenvalue weighted by atomic mass is 16.5. The van der Waals surface area contributed by atoms with Gasteiger partial charge in [-0.1, -0.05) is 0 Å². The van der Waals surface area contributed by atoms with E-state index in [4.69, 9.17) is 4.74 Å². The van der Waals surface area contributed by atoms with Crippen LogP contribution in [0.2, 0.25) is 0 Å². The minimum absolute atomic E-state index is 0.368. The monoisotopic (exact) mass is 216 g/mol. The van der Waals surface area contributed by atoms with Gasteiger partial charge in [0.25, 0.3) is 0 Å². The van der Waals surface area contributed by atoms with Gasteiger partial charge in [0, 0.05) is 17.8 Å². The number of benzene rings is 1. The Morgan fingerprint density at radius 1 is 1.12 bits per heavy atom. The summed E-state index contributed by atoms with van der Waals surface area (Å²) in [6.07, 6.45) is 1.83. The predicted octanol–water partition coefficient (Wildman–Crippen LogP) is 3.14. The maximum atomic E-state index is 5.14. The highest BCUT2D eigenvalue weighted by molar-refractivity contribution is 5.60. The third-order valence-electron chi connectivity index (χ3n) is 2.55. The molecule has 0 spiro atoms. The summed E-state index contributed by atoms with van der Waals surface area (Å²) in [4.78, 5) is 0. The number of rotatable bonds is 3. The SMILES string of the molecule is COc1ccc(-c2ccnn2C(C)C)cc1. The summed E-state index contributed by atoms with van der Waals surface area (Å²) in [5.74, 6) is 0.874. The Hall–Kier alpha value is -1.77. The number of hydrogen-bond donors (Lipinski definition) is 0. The number of aromatic nitrogens is 2. The van der Waals surface area contributed by atoms with Crippen LogP contribution in [0.1, 0.15) is 19.9 Å². The van der Waals surface area contributed by atoms with Gasteiger partial charge in [0.2, 0.25) is 0 Å². The van der Waals surface area contributed by atoms with Gasteiger partial charge in [0.05, 0.1) is 12.8 Å². The van der Waals surface area contributed by atoms with Gasteiger partial charge >= 0.3 is 0 Å². The van der Waals surface area contributed by atoms with Crippen LogP contribution in [0.4, 0.5) is 0 Å². The molecule has 1 heterocycles. The first-order valence-corrected chi connectivity index (χ1v) is 5.40. The lowest BCUT2D eigenvalue weighted by atomic mass is 10.1. The van der Waals surface area contributed by atoms with Crippen molar-refractivity contribution in [1.82, 2.24) is 9.78 Å². The molecule has 0 N–H and O–H groups in total. The van der Waals surface area contributed by atoms with Crippen LogP contribution in [0, 0.1) is 0 Å². The molecule has 3 heteroatoms. The highest BCUT2D eigenvalue weighted by Crippen LogP contribution is 2.24. The molecule has 0 radical (unpaired) electrons. The van der Waals surface area contributed by atoms with E-state index in [2.05, 4.69) is 31.1 Å². The van der Waals surface area contributed by atoms with Crippen LogP contribution in [-0.4, -0.2) is 16.9 Å². The van der Waals surface area contributed by atoms with Crippen molar-refractivity contribution in [3.8, 4) is 17.0 Å². The van der Waals surface area contributed by atoms with Crippen LogP contribution in [0.25, 0.3) is 11.3 Å². The van der Waals surface area contributed by atoms with Gasteiger partial charge in [-0.2, -0.15) is 5.10 Å². The molecule has 0 atom stereocenters. The molecule has 1 aromatic heterocycles. The fourth-order valence-electron chi connectivity index (χ4n) is 1.72. The van der Waals surface area contributed by atoms with Crippen molar-refractivity contribution in [3.63, 3.8) is 0 Å². The molecule has 0 saturated carbocycles. The first-order chi connectivity index (χ1) is 7.72. The number of hydrogen-bond acceptors (Lipinski definition) is 2. The third kappa shape index (κ3) is 1.94. The van der Waals surface area contributed by atoms with E-state index in [1.54, 1.807) is 7.11 Å².